The Morgan fingerprint density at radius 1 is 1.17 bits per heavy atom. The molecule has 1 unspecified atom stereocenters. The fourth-order valence-corrected chi connectivity index (χ4v) is 1.84. The summed E-state index contributed by atoms with van der Waals surface area (Å²) in [7, 11) is 0. The maximum Gasteiger partial charge on any atom is 0.0759 e. The lowest BCUT2D eigenvalue weighted by Crippen LogP contribution is -2.15. The minimum Gasteiger partial charge on any atom is -0.394 e. The highest BCUT2D eigenvalue weighted by atomic mass is 16.3. The number of hydrogen-bond acceptors (Lipinski definition) is 3. The number of anilines is 1. The molecule has 0 fully saturated rings. The second kappa shape index (κ2) is 5.65. The third kappa shape index (κ3) is 2.87. The number of aromatic nitrogens is 1. The molecule has 18 heavy (non-hydrogen) atoms. The van der Waals surface area contributed by atoms with Gasteiger partial charge in [0.2, 0.25) is 0 Å². The minimum atomic E-state index is -0.126. The summed E-state index contributed by atoms with van der Waals surface area (Å²) in [5.74, 6) is 0. The summed E-state index contributed by atoms with van der Waals surface area (Å²) in [6.07, 6.45) is 1.81. The first-order valence-corrected chi connectivity index (χ1v) is 6.06. The highest BCUT2D eigenvalue weighted by molar-refractivity contribution is 5.51. The second-order valence-electron chi connectivity index (χ2n) is 4.43. The lowest BCUT2D eigenvalue weighted by atomic mass is 10.1. The van der Waals surface area contributed by atoms with Crippen LogP contribution in [0.5, 0.6) is 0 Å². The van der Waals surface area contributed by atoms with Gasteiger partial charge in [0, 0.05) is 17.6 Å². The Morgan fingerprint density at radius 2 is 1.94 bits per heavy atom. The standard InChI is InChI=1S/C15H18N2O/c1-11-5-3-4-6-14(11)17-15(10-18)13-8-7-12(2)16-9-13/h3-9,15,17-18H,10H2,1-2H3. The van der Waals surface area contributed by atoms with E-state index in [1.807, 2.05) is 56.4 Å². The Balaban J connectivity index is 2.20. The van der Waals surface area contributed by atoms with Crippen LogP contribution in [-0.2, 0) is 0 Å². The van der Waals surface area contributed by atoms with E-state index in [1.54, 1.807) is 0 Å². The molecule has 1 aromatic heterocycles. The number of aliphatic hydroxyl groups excluding tert-OH is 1. The Bertz CT molecular complexity index is 508. The normalized spacial score (nSPS) is 12.2. The van der Waals surface area contributed by atoms with Gasteiger partial charge in [0.25, 0.3) is 0 Å². The molecule has 0 bridgehead atoms. The first-order chi connectivity index (χ1) is 8.70. The molecule has 0 saturated heterocycles. The van der Waals surface area contributed by atoms with Gasteiger partial charge < -0.3 is 10.4 Å². The summed E-state index contributed by atoms with van der Waals surface area (Å²) >= 11 is 0. The summed E-state index contributed by atoms with van der Waals surface area (Å²) in [6, 6.07) is 11.9. The number of aliphatic hydroxyl groups is 1. The molecule has 1 aromatic carbocycles. The van der Waals surface area contributed by atoms with E-state index in [1.165, 1.54) is 0 Å². The van der Waals surface area contributed by atoms with Gasteiger partial charge in [0.1, 0.15) is 0 Å². The Morgan fingerprint density at radius 3 is 2.56 bits per heavy atom. The summed E-state index contributed by atoms with van der Waals surface area (Å²) in [6.45, 7) is 4.04. The molecule has 0 saturated carbocycles. The van der Waals surface area contributed by atoms with Crippen LogP contribution in [0, 0.1) is 13.8 Å². The second-order valence-corrected chi connectivity index (χ2v) is 4.43. The molecule has 3 heteroatoms. The van der Waals surface area contributed by atoms with E-state index >= 15 is 0 Å². The molecule has 3 nitrogen and oxygen atoms in total. The fraction of sp³-hybridized carbons (Fsp3) is 0.267. The van der Waals surface area contributed by atoms with Crippen LogP contribution in [0.4, 0.5) is 5.69 Å². The number of benzene rings is 1. The molecular formula is C15H18N2O. The maximum absolute atomic E-state index is 9.51. The summed E-state index contributed by atoms with van der Waals surface area (Å²) in [5, 5.41) is 12.9. The van der Waals surface area contributed by atoms with Crippen LogP contribution in [0.1, 0.15) is 22.9 Å². The Kier molecular flexibility index (Phi) is 3.95. The van der Waals surface area contributed by atoms with Crippen molar-refractivity contribution >= 4 is 5.69 Å². The number of pyridine rings is 1. The molecule has 0 aliphatic carbocycles. The van der Waals surface area contributed by atoms with Crippen molar-refractivity contribution in [3.63, 3.8) is 0 Å². The summed E-state index contributed by atoms with van der Waals surface area (Å²) in [4.78, 5) is 4.26. The van der Waals surface area contributed by atoms with E-state index in [0.29, 0.717) is 0 Å². The van der Waals surface area contributed by atoms with E-state index < -0.39 is 0 Å². The molecule has 0 spiro atoms. The summed E-state index contributed by atoms with van der Waals surface area (Å²) < 4.78 is 0. The number of nitrogens with one attached hydrogen (secondary N) is 1. The molecule has 94 valence electrons. The van der Waals surface area contributed by atoms with Gasteiger partial charge in [-0.25, -0.2) is 0 Å². The summed E-state index contributed by atoms with van der Waals surface area (Å²) in [5.41, 5.74) is 4.17. The molecule has 0 amide bonds. The topological polar surface area (TPSA) is 45.1 Å². The van der Waals surface area contributed by atoms with Gasteiger partial charge in [-0.3, -0.25) is 4.98 Å². The van der Waals surface area contributed by atoms with Crippen molar-refractivity contribution in [3.05, 3.63) is 59.4 Å². The minimum absolute atomic E-state index is 0.0407. The van der Waals surface area contributed by atoms with Crippen molar-refractivity contribution in [1.82, 2.24) is 4.98 Å². The fourth-order valence-electron chi connectivity index (χ4n) is 1.84. The van der Waals surface area contributed by atoms with Crippen LogP contribution in [0.3, 0.4) is 0 Å². The van der Waals surface area contributed by atoms with E-state index in [0.717, 1.165) is 22.5 Å². The van der Waals surface area contributed by atoms with Crippen molar-refractivity contribution < 1.29 is 5.11 Å². The average Bonchev–Trinajstić information content (AvgIpc) is 2.39. The van der Waals surface area contributed by atoms with Gasteiger partial charge in [-0.2, -0.15) is 0 Å². The SMILES string of the molecule is Cc1ccc(C(CO)Nc2ccccc2C)cn1. The van der Waals surface area contributed by atoms with Crippen LogP contribution in [0.2, 0.25) is 0 Å². The average molecular weight is 242 g/mol. The third-order valence-corrected chi connectivity index (χ3v) is 2.99. The molecule has 1 heterocycles. The quantitative estimate of drug-likeness (QED) is 0.866. The first-order valence-electron chi connectivity index (χ1n) is 6.06. The number of aryl methyl sites for hydroxylation is 2. The number of rotatable bonds is 4. The van der Waals surface area contributed by atoms with Crippen molar-refractivity contribution in [1.29, 1.82) is 0 Å². The molecule has 0 radical (unpaired) electrons. The largest absolute Gasteiger partial charge is 0.394 e. The van der Waals surface area contributed by atoms with Crippen LogP contribution in [0.25, 0.3) is 0 Å². The Hall–Kier alpha value is -1.87. The highest BCUT2D eigenvalue weighted by Gasteiger charge is 2.11. The van der Waals surface area contributed by atoms with Gasteiger partial charge in [0.05, 0.1) is 12.6 Å². The van der Waals surface area contributed by atoms with E-state index in [2.05, 4.69) is 10.3 Å². The zero-order valence-corrected chi connectivity index (χ0v) is 10.7. The first kappa shape index (κ1) is 12.6. The van der Waals surface area contributed by atoms with E-state index in [4.69, 9.17) is 0 Å². The molecular weight excluding hydrogens is 224 g/mol. The van der Waals surface area contributed by atoms with Crippen molar-refractivity contribution in [2.45, 2.75) is 19.9 Å². The molecule has 2 rings (SSSR count). The van der Waals surface area contributed by atoms with Crippen LogP contribution < -0.4 is 5.32 Å². The van der Waals surface area contributed by atoms with E-state index in [9.17, 15) is 5.11 Å². The predicted octanol–water partition coefficient (Wildman–Crippen LogP) is 2.84. The van der Waals surface area contributed by atoms with Gasteiger partial charge in [-0.05, 0) is 37.1 Å². The van der Waals surface area contributed by atoms with Crippen LogP contribution in [0.15, 0.2) is 42.6 Å². The van der Waals surface area contributed by atoms with Gasteiger partial charge in [-0.15, -0.1) is 0 Å². The smallest absolute Gasteiger partial charge is 0.0759 e. The molecule has 2 N–H and O–H groups in total. The van der Waals surface area contributed by atoms with Gasteiger partial charge in [-0.1, -0.05) is 24.3 Å². The molecule has 1 atom stereocenters. The number of hydrogen-bond donors (Lipinski definition) is 2. The van der Waals surface area contributed by atoms with Crippen LogP contribution in [-0.4, -0.2) is 16.7 Å². The lowest BCUT2D eigenvalue weighted by molar-refractivity contribution is 0.276. The predicted molar refractivity (Wildman–Crippen MR) is 73.6 cm³/mol. The Labute approximate surface area is 108 Å². The molecule has 0 aliphatic rings. The van der Waals surface area contributed by atoms with Crippen LogP contribution >= 0.6 is 0 Å². The van der Waals surface area contributed by atoms with Crippen molar-refractivity contribution in [3.8, 4) is 0 Å². The molecule has 2 aromatic rings. The van der Waals surface area contributed by atoms with E-state index in [-0.39, 0.29) is 12.6 Å². The number of nitrogens with zero attached hydrogens (tertiary/aromatic N) is 1. The van der Waals surface area contributed by atoms with Gasteiger partial charge >= 0.3 is 0 Å². The highest BCUT2D eigenvalue weighted by Crippen LogP contribution is 2.21. The van der Waals surface area contributed by atoms with Crippen molar-refractivity contribution in [2.24, 2.45) is 0 Å². The maximum atomic E-state index is 9.51. The number of para-hydroxylation sites is 1. The van der Waals surface area contributed by atoms with Gasteiger partial charge in [0.15, 0.2) is 0 Å². The monoisotopic (exact) mass is 242 g/mol. The zero-order chi connectivity index (χ0) is 13.0. The zero-order valence-electron chi connectivity index (χ0n) is 10.7. The lowest BCUT2D eigenvalue weighted by Gasteiger charge is -2.19. The van der Waals surface area contributed by atoms with Crippen molar-refractivity contribution in [2.75, 3.05) is 11.9 Å². The third-order valence-electron chi connectivity index (χ3n) is 2.99. The molecule has 0 aliphatic heterocycles.